The van der Waals surface area contributed by atoms with Crippen molar-refractivity contribution in [2.45, 2.75) is 71.0 Å². The van der Waals surface area contributed by atoms with Gasteiger partial charge in [-0.1, -0.05) is 31.5 Å². The first-order valence-electron chi connectivity index (χ1n) is 12.0. The number of carbonyl (C=O) groups excluding carboxylic acids is 2. The minimum absolute atomic E-state index is 0.0155. The average molecular weight is 456 g/mol. The number of hydrogen-bond acceptors (Lipinski definition) is 5. The minimum Gasteiger partial charge on any atom is -0.483 e. The molecule has 0 radical (unpaired) electrons. The lowest BCUT2D eigenvalue weighted by Gasteiger charge is -2.21. The summed E-state index contributed by atoms with van der Waals surface area (Å²) in [7, 11) is 0. The number of amides is 2. The van der Waals surface area contributed by atoms with Crippen LogP contribution in [-0.2, 0) is 29.1 Å². The molecular formula is C24H33N5O4. The zero-order valence-corrected chi connectivity index (χ0v) is 19.3. The van der Waals surface area contributed by atoms with Gasteiger partial charge in [-0.15, -0.1) is 0 Å². The van der Waals surface area contributed by atoms with Crippen LogP contribution >= 0.6 is 0 Å². The van der Waals surface area contributed by atoms with Crippen LogP contribution in [-0.4, -0.2) is 50.8 Å². The first kappa shape index (κ1) is 23.1. The molecule has 1 aromatic carbocycles. The lowest BCUT2D eigenvalue weighted by molar-refractivity contribution is -0.132. The van der Waals surface area contributed by atoms with Crippen LogP contribution in [0.3, 0.4) is 0 Å². The van der Waals surface area contributed by atoms with Crippen molar-refractivity contribution in [1.29, 1.82) is 0 Å². The third-order valence-corrected chi connectivity index (χ3v) is 6.42. The third-order valence-electron chi connectivity index (χ3n) is 6.42. The van der Waals surface area contributed by atoms with Crippen molar-refractivity contribution in [2.24, 2.45) is 0 Å². The monoisotopic (exact) mass is 455 g/mol. The number of fused-ring (bicyclic) bond motifs is 1. The molecule has 1 unspecified atom stereocenters. The highest BCUT2D eigenvalue weighted by molar-refractivity contribution is 5.78. The Kier molecular flexibility index (Phi) is 7.47. The lowest BCUT2D eigenvalue weighted by Crippen LogP contribution is -2.36. The summed E-state index contributed by atoms with van der Waals surface area (Å²) in [5.74, 6) is 1.06. The SMILES string of the molecule is CCC(NC(=O)Cn1nc2n(c1=O)CCCCC2)c1ccccc1OCC(=O)N1CCCC1. The highest BCUT2D eigenvalue weighted by Crippen LogP contribution is 2.27. The maximum absolute atomic E-state index is 12.8. The number of carbonyl (C=O) groups is 2. The summed E-state index contributed by atoms with van der Waals surface area (Å²) in [5.41, 5.74) is 0.592. The number of aromatic nitrogens is 3. The van der Waals surface area contributed by atoms with Crippen LogP contribution in [0.4, 0.5) is 0 Å². The summed E-state index contributed by atoms with van der Waals surface area (Å²) in [4.78, 5) is 39.7. The fraction of sp³-hybridized carbons (Fsp3) is 0.583. The van der Waals surface area contributed by atoms with Crippen molar-refractivity contribution in [3.05, 3.63) is 46.1 Å². The summed E-state index contributed by atoms with van der Waals surface area (Å²) in [5, 5.41) is 7.41. The normalized spacial score (nSPS) is 16.7. The molecule has 0 bridgehead atoms. The summed E-state index contributed by atoms with van der Waals surface area (Å²) in [6.07, 6.45) is 6.54. The van der Waals surface area contributed by atoms with Gasteiger partial charge in [-0.25, -0.2) is 9.48 Å². The molecule has 0 saturated carbocycles. The van der Waals surface area contributed by atoms with Crippen LogP contribution in [0.2, 0.25) is 0 Å². The number of hydrogen-bond donors (Lipinski definition) is 1. The zero-order chi connectivity index (χ0) is 23.2. The third kappa shape index (κ3) is 5.46. The maximum Gasteiger partial charge on any atom is 0.346 e. The predicted molar refractivity (Wildman–Crippen MR) is 123 cm³/mol. The molecule has 1 fully saturated rings. The van der Waals surface area contributed by atoms with E-state index in [2.05, 4.69) is 10.4 Å². The number of benzene rings is 1. The number of ether oxygens (including phenoxy) is 1. The van der Waals surface area contributed by atoms with Gasteiger partial charge < -0.3 is 15.0 Å². The van der Waals surface area contributed by atoms with Crippen molar-refractivity contribution in [2.75, 3.05) is 19.7 Å². The molecule has 1 atom stereocenters. The van der Waals surface area contributed by atoms with Crippen molar-refractivity contribution < 1.29 is 14.3 Å². The van der Waals surface area contributed by atoms with Crippen molar-refractivity contribution in [3.8, 4) is 5.75 Å². The summed E-state index contributed by atoms with van der Waals surface area (Å²) < 4.78 is 8.82. The Hall–Kier alpha value is -3.10. The second-order valence-electron chi connectivity index (χ2n) is 8.76. The second kappa shape index (κ2) is 10.7. The largest absolute Gasteiger partial charge is 0.483 e. The van der Waals surface area contributed by atoms with E-state index in [0.29, 0.717) is 18.7 Å². The Labute approximate surface area is 193 Å². The maximum atomic E-state index is 12.8. The van der Waals surface area contributed by atoms with E-state index in [-0.39, 0.29) is 36.7 Å². The Bertz CT molecular complexity index is 1040. The summed E-state index contributed by atoms with van der Waals surface area (Å²) in [6, 6.07) is 7.15. The van der Waals surface area contributed by atoms with Crippen LogP contribution in [0.25, 0.3) is 0 Å². The topological polar surface area (TPSA) is 98.5 Å². The molecule has 0 aliphatic carbocycles. The highest BCUT2D eigenvalue weighted by atomic mass is 16.5. The lowest BCUT2D eigenvalue weighted by atomic mass is 10.0. The van der Waals surface area contributed by atoms with E-state index >= 15 is 0 Å². The van der Waals surface area contributed by atoms with Gasteiger partial charge in [-0.2, -0.15) is 5.10 Å². The molecule has 1 N–H and O–H groups in total. The zero-order valence-electron chi connectivity index (χ0n) is 19.3. The summed E-state index contributed by atoms with van der Waals surface area (Å²) >= 11 is 0. The molecular weight excluding hydrogens is 422 g/mol. The molecule has 0 spiro atoms. The van der Waals surface area contributed by atoms with E-state index in [1.165, 1.54) is 4.68 Å². The van der Waals surface area contributed by atoms with Gasteiger partial charge in [0, 0.05) is 31.6 Å². The fourth-order valence-electron chi connectivity index (χ4n) is 4.60. The molecule has 4 rings (SSSR count). The number of para-hydroxylation sites is 1. The Morgan fingerprint density at radius 3 is 2.64 bits per heavy atom. The molecule has 1 saturated heterocycles. The van der Waals surface area contributed by atoms with E-state index in [1.807, 2.05) is 36.1 Å². The number of rotatable bonds is 8. The number of nitrogens with zero attached hydrogens (tertiary/aromatic N) is 4. The first-order chi connectivity index (χ1) is 16.1. The number of likely N-dealkylation sites (tertiary alicyclic amines) is 1. The second-order valence-corrected chi connectivity index (χ2v) is 8.76. The molecule has 2 aliphatic heterocycles. The Morgan fingerprint density at radius 2 is 1.85 bits per heavy atom. The first-order valence-corrected chi connectivity index (χ1v) is 12.0. The van der Waals surface area contributed by atoms with Crippen molar-refractivity contribution in [3.63, 3.8) is 0 Å². The van der Waals surface area contributed by atoms with Gasteiger partial charge in [0.25, 0.3) is 5.91 Å². The van der Waals surface area contributed by atoms with Gasteiger partial charge >= 0.3 is 5.69 Å². The molecule has 2 aliphatic rings. The standard InChI is InChI=1S/C24H33N5O4/c1-2-19(18-10-5-6-11-20(18)33-17-23(31)27-13-8-9-14-27)25-22(30)16-29-24(32)28-15-7-3-4-12-21(28)26-29/h5-6,10-11,19H,2-4,7-9,12-17H2,1H3,(H,25,30). The van der Waals surface area contributed by atoms with Crippen LogP contribution in [0, 0.1) is 0 Å². The quantitative estimate of drug-likeness (QED) is 0.657. The van der Waals surface area contributed by atoms with Gasteiger partial charge in [0.1, 0.15) is 18.1 Å². The fourth-order valence-corrected chi connectivity index (χ4v) is 4.60. The predicted octanol–water partition coefficient (Wildman–Crippen LogP) is 2.04. The molecule has 1 aromatic heterocycles. The van der Waals surface area contributed by atoms with E-state index in [9.17, 15) is 14.4 Å². The van der Waals surface area contributed by atoms with E-state index < -0.39 is 0 Å². The molecule has 2 amide bonds. The molecule has 9 nitrogen and oxygen atoms in total. The Morgan fingerprint density at radius 1 is 1.09 bits per heavy atom. The van der Waals surface area contributed by atoms with Crippen LogP contribution < -0.4 is 15.7 Å². The van der Waals surface area contributed by atoms with Crippen molar-refractivity contribution in [1.82, 2.24) is 24.6 Å². The minimum atomic E-state index is -0.299. The highest BCUT2D eigenvalue weighted by Gasteiger charge is 2.22. The number of aryl methyl sites for hydroxylation is 1. The Balaban J connectivity index is 1.41. The van der Waals surface area contributed by atoms with Crippen LogP contribution in [0.1, 0.15) is 62.9 Å². The van der Waals surface area contributed by atoms with Gasteiger partial charge in [0.05, 0.1) is 6.04 Å². The molecule has 33 heavy (non-hydrogen) atoms. The van der Waals surface area contributed by atoms with Gasteiger partial charge in [0.2, 0.25) is 5.91 Å². The van der Waals surface area contributed by atoms with Crippen LogP contribution in [0.15, 0.2) is 29.1 Å². The smallest absolute Gasteiger partial charge is 0.346 e. The van der Waals surface area contributed by atoms with E-state index in [4.69, 9.17) is 4.74 Å². The molecule has 2 aromatic rings. The van der Waals surface area contributed by atoms with Gasteiger partial charge in [-0.05, 0) is 38.2 Å². The molecule has 3 heterocycles. The van der Waals surface area contributed by atoms with Crippen molar-refractivity contribution >= 4 is 11.8 Å². The molecule has 9 heteroatoms. The number of nitrogens with one attached hydrogen (secondary N) is 1. The van der Waals surface area contributed by atoms with E-state index in [0.717, 1.165) is 63.0 Å². The molecule has 178 valence electrons. The van der Waals surface area contributed by atoms with Gasteiger partial charge in [-0.3, -0.25) is 14.2 Å². The van der Waals surface area contributed by atoms with Gasteiger partial charge in [0.15, 0.2) is 6.61 Å². The van der Waals surface area contributed by atoms with Crippen LogP contribution in [0.5, 0.6) is 5.75 Å². The average Bonchev–Trinajstić information content (AvgIpc) is 3.39. The summed E-state index contributed by atoms with van der Waals surface area (Å²) in [6.45, 7) is 4.07. The van der Waals surface area contributed by atoms with E-state index in [1.54, 1.807) is 4.57 Å².